The van der Waals surface area contributed by atoms with Gasteiger partial charge in [0.1, 0.15) is 0 Å². The fourth-order valence-corrected chi connectivity index (χ4v) is 2.77. The maximum absolute atomic E-state index is 12.2. The molecule has 1 heterocycles. The van der Waals surface area contributed by atoms with Crippen molar-refractivity contribution in [3.8, 4) is 0 Å². The standard InChI is InChI=1S/C15H18Cl2N2O3/c1-22-6-2-5-18-15(21)10-7-14(20)19(9-10)13-8-11(16)3-4-12(13)17/h3-4,8,10H,2,5-7,9H2,1H3,(H,18,21). The predicted octanol–water partition coefficient (Wildman–Crippen LogP) is 2.50. The van der Waals surface area contributed by atoms with Gasteiger partial charge in [0.2, 0.25) is 11.8 Å². The molecule has 0 aliphatic carbocycles. The van der Waals surface area contributed by atoms with Gasteiger partial charge in [0.05, 0.1) is 16.6 Å². The summed E-state index contributed by atoms with van der Waals surface area (Å²) >= 11 is 12.1. The lowest BCUT2D eigenvalue weighted by molar-refractivity contribution is -0.126. The Balaban J connectivity index is 1.98. The maximum atomic E-state index is 12.2. The second kappa shape index (κ2) is 7.81. The number of hydrogen-bond acceptors (Lipinski definition) is 3. The summed E-state index contributed by atoms with van der Waals surface area (Å²) in [6.07, 6.45) is 0.922. The minimum atomic E-state index is -0.370. The summed E-state index contributed by atoms with van der Waals surface area (Å²) in [4.78, 5) is 25.8. The molecule has 1 N–H and O–H groups in total. The number of benzene rings is 1. The third-order valence-corrected chi connectivity index (χ3v) is 4.07. The molecular formula is C15H18Cl2N2O3. The molecule has 0 radical (unpaired) electrons. The van der Waals surface area contributed by atoms with E-state index in [1.165, 1.54) is 4.90 Å². The van der Waals surface area contributed by atoms with Crippen LogP contribution in [0.15, 0.2) is 18.2 Å². The highest BCUT2D eigenvalue weighted by Gasteiger charge is 2.35. The molecule has 120 valence electrons. The lowest BCUT2D eigenvalue weighted by Gasteiger charge is -2.18. The number of carbonyl (C=O) groups is 2. The molecule has 2 amide bonds. The zero-order valence-corrected chi connectivity index (χ0v) is 13.8. The smallest absolute Gasteiger partial charge is 0.227 e. The average molecular weight is 345 g/mol. The molecule has 22 heavy (non-hydrogen) atoms. The molecule has 0 spiro atoms. The second-order valence-corrected chi connectivity index (χ2v) is 5.98. The van der Waals surface area contributed by atoms with E-state index in [2.05, 4.69) is 5.32 Å². The quantitative estimate of drug-likeness (QED) is 0.806. The van der Waals surface area contributed by atoms with Gasteiger partial charge in [0, 0.05) is 38.2 Å². The first-order chi connectivity index (χ1) is 10.5. The summed E-state index contributed by atoms with van der Waals surface area (Å²) in [5.74, 6) is -0.614. The number of halogens is 2. The van der Waals surface area contributed by atoms with Crippen molar-refractivity contribution < 1.29 is 14.3 Å². The van der Waals surface area contributed by atoms with Crippen molar-refractivity contribution in [2.75, 3.05) is 31.7 Å². The molecule has 0 aromatic heterocycles. The molecule has 1 aromatic carbocycles. The zero-order chi connectivity index (χ0) is 16.1. The topological polar surface area (TPSA) is 58.6 Å². The fraction of sp³-hybridized carbons (Fsp3) is 0.467. The number of ether oxygens (including phenoxy) is 1. The first-order valence-electron chi connectivity index (χ1n) is 7.05. The minimum absolute atomic E-state index is 0.120. The average Bonchev–Trinajstić information content (AvgIpc) is 2.88. The van der Waals surface area contributed by atoms with Gasteiger partial charge < -0.3 is 15.0 Å². The minimum Gasteiger partial charge on any atom is -0.385 e. The Hall–Kier alpha value is -1.30. The monoisotopic (exact) mass is 344 g/mol. The van der Waals surface area contributed by atoms with Crippen LogP contribution in [0.25, 0.3) is 0 Å². The normalized spacial score (nSPS) is 17.9. The molecule has 1 aliphatic rings. The van der Waals surface area contributed by atoms with E-state index in [4.69, 9.17) is 27.9 Å². The van der Waals surface area contributed by atoms with Gasteiger partial charge >= 0.3 is 0 Å². The summed E-state index contributed by atoms with van der Waals surface area (Å²) in [6, 6.07) is 4.94. The van der Waals surface area contributed by atoms with Gasteiger partial charge in [-0.05, 0) is 24.6 Å². The zero-order valence-electron chi connectivity index (χ0n) is 12.3. The number of hydrogen-bond donors (Lipinski definition) is 1. The molecule has 1 unspecified atom stereocenters. The van der Waals surface area contributed by atoms with Gasteiger partial charge in [-0.2, -0.15) is 0 Å². The fourth-order valence-electron chi connectivity index (χ4n) is 2.38. The van der Waals surface area contributed by atoms with Gasteiger partial charge in [-0.3, -0.25) is 9.59 Å². The Kier molecular flexibility index (Phi) is 6.06. The van der Waals surface area contributed by atoms with E-state index in [1.54, 1.807) is 25.3 Å². The highest BCUT2D eigenvalue weighted by molar-refractivity contribution is 6.35. The van der Waals surface area contributed by atoms with Gasteiger partial charge in [-0.1, -0.05) is 23.2 Å². The van der Waals surface area contributed by atoms with Gasteiger partial charge in [0.15, 0.2) is 0 Å². The van der Waals surface area contributed by atoms with E-state index in [1.807, 2.05) is 0 Å². The molecule has 0 saturated carbocycles. The third kappa shape index (κ3) is 4.12. The lowest BCUT2D eigenvalue weighted by atomic mass is 10.1. The number of anilines is 1. The predicted molar refractivity (Wildman–Crippen MR) is 86.4 cm³/mol. The molecular weight excluding hydrogens is 327 g/mol. The summed E-state index contributed by atoms with van der Waals surface area (Å²) < 4.78 is 4.92. The second-order valence-electron chi connectivity index (χ2n) is 5.14. The van der Waals surface area contributed by atoms with Crippen LogP contribution in [0.4, 0.5) is 5.69 Å². The van der Waals surface area contributed by atoms with E-state index in [9.17, 15) is 9.59 Å². The van der Waals surface area contributed by atoms with Gasteiger partial charge in [0.25, 0.3) is 0 Å². The first kappa shape index (κ1) is 17.1. The number of amides is 2. The van der Waals surface area contributed by atoms with Crippen molar-refractivity contribution in [1.29, 1.82) is 0 Å². The third-order valence-electron chi connectivity index (χ3n) is 3.52. The Morgan fingerprint density at radius 1 is 1.45 bits per heavy atom. The highest BCUT2D eigenvalue weighted by Crippen LogP contribution is 2.33. The number of rotatable bonds is 6. The SMILES string of the molecule is COCCCNC(=O)C1CC(=O)N(c2cc(Cl)ccc2Cl)C1. The summed E-state index contributed by atoms with van der Waals surface area (Å²) in [5, 5.41) is 3.76. The van der Waals surface area contributed by atoms with Crippen molar-refractivity contribution in [3.63, 3.8) is 0 Å². The van der Waals surface area contributed by atoms with Crippen LogP contribution in [0.5, 0.6) is 0 Å². The van der Waals surface area contributed by atoms with E-state index >= 15 is 0 Å². The van der Waals surface area contributed by atoms with Crippen molar-refractivity contribution in [3.05, 3.63) is 28.2 Å². The molecule has 1 saturated heterocycles. The number of methoxy groups -OCH3 is 1. The van der Waals surface area contributed by atoms with Crippen molar-refractivity contribution in [2.24, 2.45) is 5.92 Å². The van der Waals surface area contributed by atoms with E-state index in [0.717, 1.165) is 6.42 Å². The van der Waals surface area contributed by atoms with Crippen LogP contribution in [-0.4, -0.2) is 38.6 Å². The lowest BCUT2D eigenvalue weighted by Crippen LogP contribution is -2.33. The number of nitrogens with zero attached hydrogens (tertiary/aromatic N) is 1. The van der Waals surface area contributed by atoms with Crippen LogP contribution in [0, 0.1) is 5.92 Å². The molecule has 0 bridgehead atoms. The molecule has 2 rings (SSSR count). The Labute approximate surface area is 139 Å². The Morgan fingerprint density at radius 3 is 2.95 bits per heavy atom. The number of carbonyl (C=O) groups excluding carboxylic acids is 2. The summed E-state index contributed by atoms with van der Waals surface area (Å²) in [5.41, 5.74) is 0.550. The summed E-state index contributed by atoms with van der Waals surface area (Å²) in [6.45, 7) is 1.44. The van der Waals surface area contributed by atoms with Crippen LogP contribution in [-0.2, 0) is 14.3 Å². The largest absolute Gasteiger partial charge is 0.385 e. The Morgan fingerprint density at radius 2 is 2.23 bits per heavy atom. The Bertz CT molecular complexity index is 566. The van der Waals surface area contributed by atoms with Crippen LogP contribution in [0.1, 0.15) is 12.8 Å². The molecule has 1 aliphatic heterocycles. The van der Waals surface area contributed by atoms with Gasteiger partial charge in [-0.15, -0.1) is 0 Å². The van der Waals surface area contributed by atoms with Crippen LogP contribution >= 0.6 is 23.2 Å². The van der Waals surface area contributed by atoms with Crippen molar-refractivity contribution >= 4 is 40.7 Å². The van der Waals surface area contributed by atoms with Gasteiger partial charge in [-0.25, -0.2) is 0 Å². The first-order valence-corrected chi connectivity index (χ1v) is 7.80. The van der Waals surface area contributed by atoms with Crippen molar-refractivity contribution in [1.82, 2.24) is 5.32 Å². The number of nitrogens with one attached hydrogen (secondary N) is 1. The van der Waals surface area contributed by atoms with E-state index in [-0.39, 0.29) is 24.2 Å². The molecule has 1 aromatic rings. The summed E-state index contributed by atoms with van der Waals surface area (Å²) in [7, 11) is 1.62. The maximum Gasteiger partial charge on any atom is 0.227 e. The highest BCUT2D eigenvalue weighted by atomic mass is 35.5. The van der Waals surface area contributed by atoms with Crippen LogP contribution < -0.4 is 10.2 Å². The van der Waals surface area contributed by atoms with E-state index in [0.29, 0.717) is 35.4 Å². The molecule has 1 fully saturated rings. The van der Waals surface area contributed by atoms with Crippen molar-refractivity contribution in [2.45, 2.75) is 12.8 Å². The van der Waals surface area contributed by atoms with Crippen LogP contribution in [0.2, 0.25) is 10.0 Å². The molecule has 1 atom stereocenters. The molecule has 5 nitrogen and oxygen atoms in total. The van der Waals surface area contributed by atoms with Crippen LogP contribution in [0.3, 0.4) is 0 Å². The molecule has 7 heteroatoms. The van der Waals surface area contributed by atoms with E-state index < -0.39 is 0 Å².